The topological polar surface area (TPSA) is 0 Å². The zero-order valence-corrected chi connectivity index (χ0v) is 37.0. The molecule has 0 fully saturated rings. The quantitative estimate of drug-likeness (QED) is 0.173. The van der Waals surface area contributed by atoms with Crippen LogP contribution in [0.3, 0.4) is 0 Å². The molecule has 0 radical (unpaired) electrons. The minimum Gasteiger partial charge on any atom is -0.0730 e. The largest absolute Gasteiger partial charge is 0.162 e. The molecule has 3 aromatic carbocycles. The summed E-state index contributed by atoms with van der Waals surface area (Å²) >= 11 is 0. The summed E-state index contributed by atoms with van der Waals surface area (Å²) in [6, 6.07) is 15.9. The van der Waals surface area contributed by atoms with E-state index in [2.05, 4.69) is 171 Å². The fourth-order valence-electron chi connectivity index (χ4n) is 8.04. The fraction of sp³-hybridized carbons (Fsp3) is 0.476. The van der Waals surface area contributed by atoms with Gasteiger partial charge in [-0.05, 0) is 117 Å². The van der Waals surface area contributed by atoms with E-state index in [9.17, 15) is 0 Å². The average Bonchev–Trinajstić information content (AvgIpc) is 3.11. The number of hydrogen-bond donors (Lipinski definition) is 0. The van der Waals surface area contributed by atoms with Gasteiger partial charge >= 0.3 is 0 Å². The zero-order chi connectivity index (χ0) is 35.1. The van der Waals surface area contributed by atoms with Crippen LogP contribution in [0.25, 0.3) is 0 Å². The molecule has 0 heterocycles. The summed E-state index contributed by atoms with van der Waals surface area (Å²) in [5.74, 6) is 0. The third-order valence-electron chi connectivity index (χ3n) is 12.0. The summed E-state index contributed by atoms with van der Waals surface area (Å²) in [7, 11) is -7.78. The Hall–Kier alpha value is -1.99. The van der Waals surface area contributed by atoms with Crippen molar-refractivity contribution >= 4 is 63.4 Å². The van der Waals surface area contributed by atoms with Gasteiger partial charge in [-0.15, -0.1) is 0 Å². The van der Waals surface area contributed by atoms with Gasteiger partial charge in [0.15, 0.2) is 8.07 Å². The monoisotopic (exact) mass is 680 g/mol. The molecule has 3 aromatic rings. The third kappa shape index (κ3) is 5.84. The Bertz CT molecular complexity index is 1610. The molecule has 0 spiro atoms. The minimum absolute atomic E-state index is 0.124. The minimum atomic E-state index is -2.89. The Morgan fingerprint density at radius 1 is 0.435 bits per heavy atom. The van der Waals surface area contributed by atoms with E-state index in [0.29, 0.717) is 0 Å². The highest BCUT2D eigenvalue weighted by Crippen LogP contribution is 2.53. The standard InChI is InChI=1S/C42H64Si4/c1-27-20-36(43(11,12)13)23-39(32(27)6)46(42(10)26-30(4)31(5)35(42)9,40-24-37(44(14,15)16)21-28(2)33(40)7)41-25-38(45(17,18)19)22-29(3)34(41)8/h20-26H,1-19H3. The molecule has 0 amide bonds. The first kappa shape index (κ1) is 36.8. The van der Waals surface area contributed by atoms with Gasteiger partial charge in [0.1, 0.15) is 0 Å². The molecule has 0 bridgehead atoms. The summed E-state index contributed by atoms with van der Waals surface area (Å²) in [6.45, 7) is 47.2. The van der Waals surface area contributed by atoms with E-state index >= 15 is 0 Å². The normalized spacial score (nSPS) is 18.0. The number of hydrogen-bond acceptors (Lipinski definition) is 0. The maximum Gasteiger partial charge on any atom is 0.162 e. The van der Waals surface area contributed by atoms with E-state index in [1.54, 1.807) is 36.7 Å². The van der Waals surface area contributed by atoms with Gasteiger partial charge in [-0.2, -0.15) is 0 Å². The van der Waals surface area contributed by atoms with Gasteiger partial charge in [-0.3, -0.25) is 0 Å². The second-order valence-electron chi connectivity index (χ2n) is 18.2. The maximum atomic E-state index is 2.75. The van der Waals surface area contributed by atoms with Crippen LogP contribution in [0.5, 0.6) is 0 Å². The summed E-state index contributed by atoms with van der Waals surface area (Å²) < 4.78 is 0. The Kier molecular flexibility index (Phi) is 9.49. The van der Waals surface area contributed by atoms with Crippen molar-refractivity contribution in [3.05, 3.63) is 92.6 Å². The maximum absolute atomic E-state index is 2.89. The van der Waals surface area contributed by atoms with Gasteiger partial charge in [-0.25, -0.2) is 0 Å². The average molecular weight is 681 g/mol. The van der Waals surface area contributed by atoms with E-state index in [1.165, 1.54) is 44.5 Å². The summed E-state index contributed by atoms with van der Waals surface area (Å²) in [5.41, 5.74) is 13.4. The molecule has 0 aromatic heterocycles. The Morgan fingerprint density at radius 3 is 0.935 bits per heavy atom. The summed E-state index contributed by atoms with van der Waals surface area (Å²) in [6.07, 6.45) is 2.73. The molecule has 0 saturated heterocycles. The van der Waals surface area contributed by atoms with Gasteiger partial charge in [0, 0.05) is 5.04 Å². The van der Waals surface area contributed by atoms with Crippen LogP contribution in [0.4, 0.5) is 0 Å². The lowest BCUT2D eigenvalue weighted by molar-refractivity contribution is 0.868. The lowest BCUT2D eigenvalue weighted by atomic mass is 10.0. The van der Waals surface area contributed by atoms with E-state index in [4.69, 9.17) is 0 Å². The third-order valence-corrected chi connectivity index (χ3v) is 24.2. The molecular weight excluding hydrogens is 617 g/mol. The highest BCUT2D eigenvalue weighted by atomic mass is 28.3. The second kappa shape index (κ2) is 11.9. The van der Waals surface area contributed by atoms with E-state index in [1.807, 2.05) is 0 Å². The van der Waals surface area contributed by atoms with Crippen LogP contribution < -0.4 is 31.1 Å². The van der Waals surface area contributed by atoms with Crippen LogP contribution in [0.1, 0.15) is 61.1 Å². The lowest BCUT2D eigenvalue weighted by Crippen LogP contribution is -2.76. The van der Waals surface area contributed by atoms with Gasteiger partial charge in [0.05, 0.1) is 24.2 Å². The molecule has 46 heavy (non-hydrogen) atoms. The van der Waals surface area contributed by atoms with Gasteiger partial charge < -0.3 is 0 Å². The molecule has 0 aliphatic heterocycles. The van der Waals surface area contributed by atoms with Crippen molar-refractivity contribution < 1.29 is 0 Å². The molecule has 0 nitrogen and oxygen atoms in total. The van der Waals surface area contributed by atoms with Gasteiger partial charge in [-0.1, -0.05) is 135 Å². The molecule has 0 N–H and O–H groups in total. The van der Waals surface area contributed by atoms with Crippen LogP contribution in [0, 0.1) is 41.5 Å². The molecule has 1 aliphatic rings. The van der Waals surface area contributed by atoms with Crippen LogP contribution in [0.15, 0.2) is 59.2 Å². The predicted molar refractivity (Wildman–Crippen MR) is 222 cm³/mol. The SMILES string of the molecule is CC1=CC(C)([Si](c2cc([Si](C)(C)C)cc(C)c2C)(c2cc([Si](C)(C)C)cc(C)c2C)c2cc([Si](C)(C)C)cc(C)c2C)C(C)=C1C. The first-order valence-electron chi connectivity index (χ1n) is 17.5. The van der Waals surface area contributed by atoms with Crippen LogP contribution in [-0.2, 0) is 0 Å². The first-order chi connectivity index (χ1) is 20.8. The van der Waals surface area contributed by atoms with Crippen molar-refractivity contribution in [2.45, 2.75) is 133 Å². The molecule has 1 atom stereocenters. The predicted octanol–water partition coefficient (Wildman–Crippen LogP) is 8.70. The molecule has 1 unspecified atom stereocenters. The molecule has 248 valence electrons. The van der Waals surface area contributed by atoms with Gasteiger partial charge in [0.25, 0.3) is 0 Å². The molecule has 1 aliphatic carbocycles. The van der Waals surface area contributed by atoms with Crippen LogP contribution in [-0.4, -0.2) is 32.3 Å². The van der Waals surface area contributed by atoms with E-state index < -0.39 is 32.3 Å². The van der Waals surface area contributed by atoms with Crippen molar-refractivity contribution in [2.75, 3.05) is 0 Å². The van der Waals surface area contributed by atoms with Gasteiger partial charge in [0.2, 0.25) is 0 Å². The highest BCUT2D eigenvalue weighted by Gasteiger charge is 2.58. The van der Waals surface area contributed by atoms with Crippen molar-refractivity contribution in [3.63, 3.8) is 0 Å². The smallest absolute Gasteiger partial charge is 0.0730 e. The van der Waals surface area contributed by atoms with Crippen molar-refractivity contribution in [2.24, 2.45) is 0 Å². The van der Waals surface area contributed by atoms with E-state index in [-0.39, 0.29) is 5.04 Å². The second-order valence-corrected chi connectivity index (χ2v) is 37.6. The number of benzene rings is 3. The number of aryl methyl sites for hydroxylation is 3. The molecule has 0 saturated carbocycles. The van der Waals surface area contributed by atoms with E-state index in [0.717, 1.165) is 0 Å². The lowest BCUT2D eigenvalue weighted by Gasteiger charge is -2.50. The van der Waals surface area contributed by atoms with Crippen LogP contribution >= 0.6 is 0 Å². The molecule has 4 heteroatoms. The van der Waals surface area contributed by atoms with Crippen molar-refractivity contribution in [1.29, 1.82) is 0 Å². The Balaban J connectivity index is 2.52. The Labute approximate surface area is 287 Å². The fourth-order valence-corrected chi connectivity index (χ4v) is 19.3. The summed E-state index contributed by atoms with van der Waals surface area (Å²) in [4.78, 5) is 0. The van der Waals surface area contributed by atoms with Crippen LogP contribution in [0.2, 0.25) is 64.0 Å². The Morgan fingerprint density at radius 2 is 0.717 bits per heavy atom. The zero-order valence-electron chi connectivity index (χ0n) is 33.0. The van der Waals surface area contributed by atoms with Crippen molar-refractivity contribution in [3.8, 4) is 0 Å². The first-order valence-corrected chi connectivity index (χ1v) is 30.0. The molecule has 4 rings (SSSR count). The number of rotatable bonds is 7. The number of allylic oxidation sites excluding steroid dienone is 4. The highest BCUT2D eigenvalue weighted by molar-refractivity contribution is 7.15. The summed E-state index contributed by atoms with van der Waals surface area (Å²) in [5, 5.41) is 9.60. The molecular formula is C42H64Si4. The van der Waals surface area contributed by atoms with Crippen molar-refractivity contribution in [1.82, 2.24) is 0 Å².